The van der Waals surface area contributed by atoms with E-state index in [2.05, 4.69) is 32.2 Å². The molecule has 0 spiro atoms. The second-order valence-corrected chi connectivity index (χ2v) is 7.60. The lowest BCUT2D eigenvalue weighted by atomic mass is 10.1. The second kappa shape index (κ2) is 6.90. The van der Waals surface area contributed by atoms with Gasteiger partial charge in [-0.25, -0.2) is 18.9 Å². The number of benzene rings is 2. The minimum Gasteiger partial charge on any atom is -0.256 e. The molecule has 0 radical (unpaired) electrons. The van der Waals surface area contributed by atoms with Crippen LogP contribution in [0.2, 0.25) is 0 Å². The van der Waals surface area contributed by atoms with Gasteiger partial charge in [-0.15, -0.1) is 0 Å². The number of hydrogen-bond acceptors (Lipinski definition) is 4. The normalized spacial score (nSPS) is 11.4. The highest BCUT2D eigenvalue weighted by atomic mass is 127. The molecule has 0 unspecified atom stereocenters. The molecule has 136 valence electrons. The van der Waals surface area contributed by atoms with Gasteiger partial charge in [0.1, 0.15) is 11.5 Å². The Labute approximate surface area is 173 Å². The molecule has 0 bridgehead atoms. The van der Waals surface area contributed by atoms with Crippen LogP contribution in [0.5, 0.6) is 0 Å². The largest absolute Gasteiger partial charge is 0.256 e. The van der Waals surface area contributed by atoms with E-state index in [1.54, 1.807) is 29.2 Å². The Kier molecular flexibility index (Phi) is 4.23. The molecule has 0 saturated carbocycles. The fraction of sp³-hybridized carbons (Fsp3) is 0.0476. The van der Waals surface area contributed by atoms with Crippen LogP contribution in [-0.2, 0) is 6.42 Å². The molecule has 0 aliphatic carbocycles. The standard InChI is InChI=1S/C21H13FIN5/c22-17-10-15(4-5-18(17)23)20-12-26-21-25-11-16(28(21)27-20)9-13-3-6-19-14(8-13)2-1-7-24-19/h1-8,10-12H,9H2. The summed E-state index contributed by atoms with van der Waals surface area (Å²) in [6, 6.07) is 15.2. The van der Waals surface area contributed by atoms with Crippen LogP contribution in [0.1, 0.15) is 11.3 Å². The fourth-order valence-corrected chi connectivity index (χ4v) is 3.51. The smallest absolute Gasteiger partial charge is 0.250 e. The summed E-state index contributed by atoms with van der Waals surface area (Å²) < 4.78 is 16.2. The third-order valence-corrected chi connectivity index (χ3v) is 5.44. The number of rotatable bonds is 3. The molecule has 7 heteroatoms. The van der Waals surface area contributed by atoms with Crippen molar-refractivity contribution >= 4 is 39.3 Å². The first-order valence-corrected chi connectivity index (χ1v) is 9.74. The Morgan fingerprint density at radius 1 is 0.964 bits per heavy atom. The van der Waals surface area contributed by atoms with E-state index in [4.69, 9.17) is 0 Å². The first-order valence-electron chi connectivity index (χ1n) is 8.66. The number of hydrogen-bond donors (Lipinski definition) is 0. The first-order chi connectivity index (χ1) is 13.7. The van der Waals surface area contributed by atoms with E-state index in [9.17, 15) is 4.39 Å². The zero-order valence-electron chi connectivity index (χ0n) is 14.5. The Morgan fingerprint density at radius 2 is 1.86 bits per heavy atom. The number of pyridine rings is 1. The number of imidazole rings is 1. The number of nitrogens with zero attached hydrogens (tertiary/aromatic N) is 5. The number of halogens is 2. The van der Waals surface area contributed by atoms with Crippen LogP contribution < -0.4 is 0 Å². The van der Waals surface area contributed by atoms with E-state index in [-0.39, 0.29) is 5.82 Å². The number of fused-ring (bicyclic) bond motifs is 2. The molecule has 3 heterocycles. The van der Waals surface area contributed by atoms with Gasteiger partial charge in [-0.2, -0.15) is 5.10 Å². The lowest BCUT2D eigenvalue weighted by Gasteiger charge is -2.06. The van der Waals surface area contributed by atoms with Crippen molar-refractivity contribution in [3.8, 4) is 11.3 Å². The molecule has 3 aromatic heterocycles. The summed E-state index contributed by atoms with van der Waals surface area (Å²) >= 11 is 1.97. The van der Waals surface area contributed by atoms with Crippen LogP contribution in [0.3, 0.4) is 0 Å². The average Bonchev–Trinajstić information content (AvgIpc) is 3.12. The molecule has 28 heavy (non-hydrogen) atoms. The lowest BCUT2D eigenvalue weighted by Crippen LogP contribution is -2.02. The topological polar surface area (TPSA) is 56.0 Å². The Bertz CT molecular complexity index is 1330. The maximum absolute atomic E-state index is 13.9. The van der Waals surface area contributed by atoms with Crippen LogP contribution in [-0.4, -0.2) is 24.6 Å². The van der Waals surface area contributed by atoms with Crippen LogP contribution in [0.15, 0.2) is 67.1 Å². The van der Waals surface area contributed by atoms with E-state index < -0.39 is 0 Å². The zero-order valence-corrected chi connectivity index (χ0v) is 16.7. The van der Waals surface area contributed by atoms with E-state index >= 15 is 0 Å². The van der Waals surface area contributed by atoms with Gasteiger partial charge >= 0.3 is 0 Å². The van der Waals surface area contributed by atoms with Gasteiger partial charge in [0.2, 0.25) is 0 Å². The Hall–Kier alpha value is -2.94. The number of aromatic nitrogens is 5. The molecule has 5 aromatic rings. The summed E-state index contributed by atoms with van der Waals surface area (Å²) in [5.41, 5.74) is 4.30. The molecular weight excluding hydrogens is 468 g/mol. The summed E-state index contributed by atoms with van der Waals surface area (Å²) in [5, 5.41) is 5.74. The predicted octanol–water partition coefficient (Wildman–Crippen LogP) is 4.67. The van der Waals surface area contributed by atoms with Gasteiger partial charge in [0.25, 0.3) is 5.78 Å². The van der Waals surface area contributed by atoms with E-state index in [1.807, 2.05) is 46.9 Å². The average molecular weight is 481 g/mol. The van der Waals surface area contributed by atoms with Crippen LogP contribution in [0.25, 0.3) is 27.9 Å². The summed E-state index contributed by atoms with van der Waals surface area (Å²) in [6.45, 7) is 0. The van der Waals surface area contributed by atoms with Crippen molar-refractivity contribution < 1.29 is 4.39 Å². The molecular formula is C21H13FIN5. The minimum atomic E-state index is -0.268. The molecule has 0 N–H and O–H groups in total. The van der Waals surface area contributed by atoms with Crippen molar-refractivity contribution in [2.75, 3.05) is 0 Å². The van der Waals surface area contributed by atoms with Gasteiger partial charge in [0, 0.05) is 27.1 Å². The van der Waals surface area contributed by atoms with Crippen LogP contribution in [0, 0.1) is 9.39 Å². The Morgan fingerprint density at radius 3 is 2.75 bits per heavy atom. The van der Waals surface area contributed by atoms with Gasteiger partial charge in [-0.05, 0) is 58.5 Å². The summed E-state index contributed by atoms with van der Waals surface area (Å²) in [4.78, 5) is 13.1. The molecule has 5 rings (SSSR count). The van der Waals surface area contributed by atoms with Gasteiger partial charge in [-0.3, -0.25) is 4.98 Å². The fourth-order valence-electron chi connectivity index (χ4n) is 3.17. The molecule has 0 saturated heterocycles. The van der Waals surface area contributed by atoms with E-state index in [0.29, 0.717) is 27.0 Å². The van der Waals surface area contributed by atoms with Gasteiger partial charge in [-0.1, -0.05) is 18.2 Å². The van der Waals surface area contributed by atoms with E-state index in [0.717, 1.165) is 22.2 Å². The third kappa shape index (κ3) is 3.11. The van der Waals surface area contributed by atoms with E-state index in [1.165, 1.54) is 6.07 Å². The molecule has 5 nitrogen and oxygen atoms in total. The molecule has 0 aliphatic heterocycles. The zero-order chi connectivity index (χ0) is 19.1. The SMILES string of the molecule is Fc1cc(-c2cnc3ncc(Cc4ccc5ncccc5c4)n3n2)ccc1I. The maximum Gasteiger partial charge on any atom is 0.250 e. The summed E-state index contributed by atoms with van der Waals surface area (Å²) in [5.74, 6) is 0.253. The van der Waals surface area contributed by atoms with Crippen molar-refractivity contribution in [2.45, 2.75) is 6.42 Å². The maximum atomic E-state index is 13.9. The monoisotopic (exact) mass is 481 g/mol. The molecule has 0 fully saturated rings. The predicted molar refractivity (Wildman–Crippen MR) is 113 cm³/mol. The summed E-state index contributed by atoms with van der Waals surface area (Å²) in [6.07, 6.45) is 5.85. The second-order valence-electron chi connectivity index (χ2n) is 6.44. The molecule has 0 aliphatic rings. The van der Waals surface area contributed by atoms with Gasteiger partial charge < -0.3 is 0 Å². The highest BCUT2D eigenvalue weighted by Crippen LogP contribution is 2.22. The van der Waals surface area contributed by atoms with Crippen molar-refractivity contribution in [2.24, 2.45) is 0 Å². The quantitative estimate of drug-likeness (QED) is 0.352. The Balaban J connectivity index is 1.54. The highest BCUT2D eigenvalue weighted by Gasteiger charge is 2.11. The lowest BCUT2D eigenvalue weighted by molar-refractivity contribution is 0.620. The van der Waals surface area contributed by atoms with Gasteiger partial charge in [0.05, 0.1) is 23.6 Å². The van der Waals surface area contributed by atoms with Crippen LogP contribution >= 0.6 is 22.6 Å². The first kappa shape index (κ1) is 17.2. The molecule has 0 amide bonds. The highest BCUT2D eigenvalue weighted by molar-refractivity contribution is 14.1. The third-order valence-electron chi connectivity index (χ3n) is 4.57. The molecule has 2 aromatic carbocycles. The van der Waals surface area contributed by atoms with Gasteiger partial charge in [0.15, 0.2) is 0 Å². The minimum absolute atomic E-state index is 0.268. The van der Waals surface area contributed by atoms with Crippen molar-refractivity contribution in [1.82, 2.24) is 24.6 Å². The summed E-state index contributed by atoms with van der Waals surface area (Å²) in [7, 11) is 0. The van der Waals surface area contributed by atoms with Crippen molar-refractivity contribution in [3.05, 3.63) is 87.8 Å². The molecule has 0 atom stereocenters. The van der Waals surface area contributed by atoms with Crippen molar-refractivity contribution in [1.29, 1.82) is 0 Å². The van der Waals surface area contributed by atoms with Crippen LogP contribution in [0.4, 0.5) is 4.39 Å². The van der Waals surface area contributed by atoms with Crippen molar-refractivity contribution in [3.63, 3.8) is 0 Å².